The Kier molecular flexibility index (Phi) is 6.65. The molecule has 0 bridgehead atoms. The van der Waals surface area contributed by atoms with Crippen molar-refractivity contribution >= 4 is 15.8 Å². The van der Waals surface area contributed by atoms with Crippen LogP contribution in [0.15, 0.2) is 91.0 Å². The standard InChI is InChI=1S/C28H32P2/c1-4-11-23(12-5-1)26-17-10-20-29(26)21-22-30-27(24-13-6-2-7-14-24)18-19-28(30)25-15-8-3-9-16-25/h1-9,11-16,26-28H,10,17-22H2/t26-,27-,28?,29?,30?/m0/s1. The summed E-state index contributed by atoms with van der Waals surface area (Å²) in [7, 11) is 0.127. The molecule has 0 saturated carbocycles. The van der Waals surface area contributed by atoms with Crippen LogP contribution in [0.5, 0.6) is 0 Å². The molecule has 3 aromatic rings. The summed E-state index contributed by atoms with van der Waals surface area (Å²) in [6.45, 7) is 0. The molecule has 2 aliphatic heterocycles. The van der Waals surface area contributed by atoms with Gasteiger partial charge in [0.25, 0.3) is 0 Å². The first-order chi connectivity index (χ1) is 14.9. The Labute approximate surface area is 184 Å². The molecule has 0 aliphatic carbocycles. The van der Waals surface area contributed by atoms with Crippen molar-refractivity contribution in [3.05, 3.63) is 108 Å². The topological polar surface area (TPSA) is 0 Å². The zero-order chi connectivity index (χ0) is 20.2. The van der Waals surface area contributed by atoms with Gasteiger partial charge in [-0.2, -0.15) is 0 Å². The van der Waals surface area contributed by atoms with E-state index in [0.29, 0.717) is 0 Å². The Morgan fingerprint density at radius 1 is 0.533 bits per heavy atom. The summed E-state index contributed by atoms with van der Waals surface area (Å²) in [5.41, 5.74) is 7.24. The molecular formula is C28H32P2. The molecule has 5 rings (SSSR count). The molecule has 2 fully saturated rings. The number of hydrogen-bond donors (Lipinski definition) is 0. The Morgan fingerprint density at radius 2 is 1.00 bits per heavy atom. The Hall–Kier alpha value is -1.48. The van der Waals surface area contributed by atoms with Crippen LogP contribution in [0.4, 0.5) is 0 Å². The molecule has 0 aromatic heterocycles. The van der Waals surface area contributed by atoms with E-state index in [4.69, 9.17) is 0 Å². The summed E-state index contributed by atoms with van der Waals surface area (Å²) in [5.74, 6) is 0. The van der Waals surface area contributed by atoms with E-state index in [9.17, 15) is 0 Å². The van der Waals surface area contributed by atoms with Gasteiger partial charge in [0.15, 0.2) is 0 Å². The highest BCUT2D eigenvalue weighted by molar-refractivity contribution is 7.62. The molecule has 2 aliphatic rings. The molecular weight excluding hydrogens is 398 g/mol. The smallest absolute Gasteiger partial charge is 0.00477 e. The Morgan fingerprint density at radius 3 is 1.50 bits per heavy atom. The van der Waals surface area contributed by atoms with Gasteiger partial charge in [-0.25, -0.2) is 0 Å². The molecule has 154 valence electrons. The lowest BCUT2D eigenvalue weighted by Gasteiger charge is -2.29. The van der Waals surface area contributed by atoms with E-state index in [0.717, 1.165) is 17.0 Å². The molecule has 2 heterocycles. The minimum atomic E-state index is -0.0125. The number of rotatable bonds is 6. The van der Waals surface area contributed by atoms with Crippen LogP contribution in [-0.4, -0.2) is 18.5 Å². The summed E-state index contributed by atoms with van der Waals surface area (Å²) in [4.78, 5) is 0. The van der Waals surface area contributed by atoms with Crippen molar-refractivity contribution in [2.75, 3.05) is 18.5 Å². The number of benzene rings is 3. The van der Waals surface area contributed by atoms with Crippen molar-refractivity contribution in [2.45, 2.75) is 42.7 Å². The molecule has 0 N–H and O–H groups in total. The second-order valence-corrected chi connectivity index (χ2v) is 14.2. The number of hydrogen-bond acceptors (Lipinski definition) is 0. The molecule has 0 radical (unpaired) electrons. The van der Waals surface area contributed by atoms with Gasteiger partial charge in [0.05, 0.1) is 0 Å². The molecule has 5 atom stereocenters. The lowest BCUT2D eigenvalue weighted by atomic mass is 10.0. The first kappa shape index (κ1) is 20.4. The highest BCUT2D eigenvalue weighted by atomic mass is 31.1. The van der Waals surface area contributed by atoms with Crippen LogP contribution in [0.1, 0.15) is 59.4 Å². The first-order valence-electron chi connectivity index (χ1n) is 11.5. The monoisotopic (exact) mass is 430 g/mol. The SMILES string of the molecule is c1ccc(C2CC[C@@H](c3ccccc3)P2CCP2CCC[C@H]2c2ccccc2)cc1. The summed E-state index contributed by atoms with van der Waals surface area (Å²) in [5, 5.41) is 0. The highest BCUT2D eigenvalue weighted by Crippen LogP contribution is 2.71. The van der Waals surface area contributed by atoms with Crippen molar-refractivity contribution in [3.8, 4) is 0 Å². The third-order valence-corrected chi connectivity index (χ3v) is 14.0. The van der Waals surface area contributed by atoms with Gasteiger partial charge < -0.3 is 0 Å². The van der Waals surface area contributed by atoms with E-state index in [-0.39, 0.29) is 15.8 Å². The molecule has 30 heavy (non-hydrogen) atoms. The average Bonchev–Trinajstić information content (AvgIpc) is 3.46. The average molecular weight is 431 g/mol. The largest absolute Gasteiger partial charge is 0.0987 e. The van der Waals surface area contributed by atoms with Crippen molar-refractivity contribution < 1.29 is 0 Å². The maximum Gasteiger partial charge on any atom is 0.00477 e. The van der Waals surface area contributed by atoms with Gasteiger partial charge in [0, 0.05) is 17.0 Å². The van der Waals surface area contributed by atoms with E-state index in [1.165, 1.54) is 44.2 Å². The van der Waals surface area contributed by atoms with Crippen LogP contribution in [0.25, 0.3) is 0 Å². The summed E-state index contributed by atoms with van der Waals surface area (Å²) >= 11 is 0. The van der Waals surface area contributed by atoms with Gasteiger partial charge >= 0.3 is 0 Å². The van der Waals surface area contributed by atoms with E-state index in [1.807, 2.05) is 0 Å². The zero-order valence-corrected chi connectivity index (χ0v) is 19.5. The maximum atomic E-state index is 2.39. The van der Waals surface area contributed by atoms with Gasteiger partial charge in [-0.05, 0) is 60.9 Å². The van der Waals surface area contributed by atoms with Crippen molar-refractivity contribution in [1.29, 1.82) is 0 Å². The van der Waals surface area contributed by atoms with E-state index in [2.05, 4.69) is 91.0 Å². The third kappa shape index (κ3) is 4.42. The van der Waals surface area contributed by atoms with Crippen LogP contribution in [-0.2, 0) is 0 Å². The van der Waals surface area contributed by atoms with Crippen LogP contribution in [0, 0.1) is 0 Å². The molecule has 3 unspecified atom stereocenters. The molecule has 2 saturated heterocycles. The molecule has 0 nitrogen and oxygen atoms in total. The second kappa shape index (κ2) is 9.77. The van der Waals surface area contributed by atoms with Crippen LogP contribution in [0.3, 0.4) is 0 Å². The maximum absolute atomic E-state index is 2.39. The van der Waals surface area contributed by atoms with Crippen LogP contribution < -0.4 is 0 Å². The van der Waals surface area contributed by atoms with Crippen molar-refractivity contribution in [3.63, 3.8) is 0 Å². The molecule has 0 spiro atoms. The predicted octanol–water partition coefficient (Wildman–Crippen LogP) is 8.76. The third-order valence-electron chi connectivity index (χ3n) is 7.08. The summed E-state index contributed by atoms with van der Waals surface area (Å²) in [6, 6.07) is 34.3. The molecule has 0 amide bonds. The predicted molar refractivity (Wildman–Crippen MR) is 134 cm³/mol. The summed E-state index contributed by atoms with van der Waals surface area (Å²) < 4.78 is 0. The van der Waals surface area contributed by atoms with Gasteiger partial charge in [-0.15, -0.1) is 0 Å². The summed E-state index contributed by atoms with van der Waals surface area (Å²) in [6.07, 6.45) is 10.0. The first-order valence-corrected chi connectivity index (χ1v) is 15.0. The van der Waals surface area contributed by atoms with Gasteiger partial charge in [0.1, 0.15) is 0 Å². The minimum Gasteiger partial charge on any atom is -0.0987 e. The zero-order valence-electron chi connectivity index (χ0n) is 17.7. The fourth-order valence-corrected chi connectivity index (χ4v) is 13.3. The van der Waals surface area contributed by atoms with Crippen LogP contribution in [0.2, 0.25) is 0 Å². The van der Waals surface area contributed by atoms with Crippen molar-refractivity contribution in [1.82, 2.24) is 0 Å². The van der Waals surface area contributed by atoms with Gasteiger partial charge in [-0.3, -0.25) is 0 Å². The lowest BCUT2D eigenvalue weighted by molar-refractivity contribution is 0.765. The normalized spacial score (nSPS) is 28.6. The van der Waals surface area contributed by atoms with E-state index >= 15 is 0 Å². The fraction of sp³-hybridized carbons (Fsp3) is 0.357. The van der Waals surface area contributed by atoms with Gasteiger partial charge in [-0.1, -0.05) is 107 Å². The van der Waals surface area contributed by atoms with E-state index < -0.39 is 0 Å². The highest BCUT2D eigenvalue weighted by Gasteiger charge is 2.38. The van der Waals surface area contributed by atoms with Crippen molar-refractivity contribution in [2.24, 2.45) is 0 Å². The Bertz CT molecular complexity index is 862. The molecule has 3 aromatic carbocycles. The second-order valence-electron chi connectivity index (χ2n) is 8.77. The fourth-order valence-electron chi connectivity index (χ4n) is 5.63. The van der Waals surface area contributed by atoms with E-state index in [1.54, 1.807) is 16.7 Å². The van der Waals surface area contributed by atoms with Gasteiger partial charge in [0.2, 0.25) is 0 Å². The lowest BCUT2D eigenvalue weighted by Crippen LogP contribution is -2.03. The Balaban J connectivity index is 1.36. The quantitative estimate of drug-likeness (QED) is 0.343. The van der Waals surface area contributed by atoms with Crippen LogP contribution >= 0.6 is 15.8 Å². The minimum absolute atomic E-state index is 0.0125. The molecule has 2 heteroatoms.